The van der Waals surface area contributed by atoms with E-state index < -0.39 is 0 Å². The molecule has 3 rings (SSSR count). The molecule has 0 aliphatic carbocycles. The number of hydrogen-bond acceptors (Lipinski definition) is 1. The second kappa shape index (κ2) is 5.84. The molecule has 2 N–H and O–H groups in total. The Bertz CT molecular complexity index is 768. The van der Waals surface area contributed by atoms with Gasteiger partial charge in [-0.25, -0.2) is 0 Å². The highest BCUT2D eigenvalue weighted by molar-refractivity contribution is 14.1. The van der Waals surface area contributed by atoms with Crippen molar-refractivity contribution in [1.29, 1.82) is 0 Å². The fourth-order valence-electron chi connectivity index (χ4n) is 2.13. The van der Waals surface area contributed by atoms with Gasteiger partial charge in [-0.2, -0.15) is 0 Å². The maximum Gasteiger partial charge on any atom is 0.0648 e. The van der Waals surface area contributed by atoms with Crippen LogP contribution in [0.25, 0.3) is 10.9 Å². The third-order valence-corrected chi connectivity index (χ3v) is 4.35. The van der Waals surface area contributed by atoms with E-state index in [2.05, 4.69) is 32.9 Å². The molecule has 0 atom stereocenters. The molecule has 0 aliphatic rings. The van der Waals surface area contributed by atoms with E-state index in [9.17, 15) is 0 Å². The number of hydrogen-bond donors (Lipinski definition) is 2. The molecule has 102 valence electrons. The minimum Gasteiger partial charge on any atom is -0.380 e. The lowest BCUT2D eigenvalue weighted by molar-refractivity contribution is 1.16. The van der Waals surface area contributed by atoms with E-state index in [1.807, 2.05) is 42.6 Å². The van der Waals surface area contributed by atoms with Gasteiger partial charge in [0.05, 0.1) is 10.7 Å². The van der Waals surface area contributed by atoms with Crippen molar-refractivity contribution >= 4 is 62.4 Å². The number of aromatic amines is 1. The van der Waals surface area contributed by atoms with Gasteiger partial charge in [0, 0.05) is 32.2 Å². The lowest BCUT2D eigenvalue weighted by Crippen LogP contribution is -1.99. The zero-order chi connectivity index (χ0) is 14.1. The van der Waals surface area contributed by atoms with Crippen LogP contribution in [0.1, 0.15) is 5.56 Å². The first-order chi connectivity index (χ1) is 9.63. The maximum atomic E-state index is 6.22. The first-order valence-electron chi connectivity index (χ1n) is 6.08. The van der Waals surface area contributed by atoms with Crippen molar-refractivity contribution in [1.82, 2.24) is 4.98 Å². The topological polar surface area (TPSA) is 27.8 Å². The first kappa shape index (κ1) is 14.0. The number of halogens is 3. The van der Waals surface area contributed by atoms with Gasteiger partial charge in [0.2, 0.25) is 0 Å². The number of nitrogens with one attached hydrogen (secondary N) is 2. The van der Waals surface area contributed by atoms with E-state index in [0.717, 1.165) is 24.8 Å². The minimum atomic E-state index is 0.710. The summed E-state index contributed by atoms with van der Waals surface area (Å²) in [5.74, 6) is 0. The second-order valence-electron chi connectivity index (χ2n) is 4.48. The molecule has 20 heavy (non-hydrogen) atoms. The van der Waals surface area contributed by atoms with E-state index >= 15 is 0 Å². The highest BCUT2D eigenvalue weighted by Gasteiger charge is 2.05. The molecular weight excluding hydrogens is 406 g/mol. The summed E-state index contributed by atoms with van der Waals surface area (Å²) in [5, 5.41) is 6.00. The summed E-state index contributed by atoms with van der Waals surface area (Å²) >= 11 is 14.4. The average molecular weight is 417 g/mol. The molecule has 3 aromatic rings. The van der Waals surface area contributed by atoms with Crippen LogP contribution in [0.2, 0.25) is 10.0 Å². The number of aromatic nitrogens is 1. The van der Waals surface area contributed by atoms with Gasteiger partial charge >= 0.3 is 0 Å². The van der Waals surface area contributed by atoms with E-state index in [1.165, 1.54) is 10.9 Å². The van der Waals surface area contributed by atoms with Crippen molar-refractivity contribution in [3.05, 3.63) is 61.8 Å². The number of benzene rings is 2. The van der Waals surface area contributed by atoms with Crippen LogP contribution >= 0.6 is 45.8 Å². The van der Waals surface area contributed by atoms with Crippen molar-refractivity contribution in [2.24, 2.45) is 0 Å². The van der Waals surface area contributed by atoms with Gasteiger partial charge in [-0.05, 0) is 58.5 Å². The highest BCUT2D eigenvalue weighted by atomic mass is 127. The van der Waals surface area contributed by atoms with Crippen LogP contribution < -0.4 is 5.32 Å². The predicted octanol–water partition coefficient (Wildman–Crippen LogP) is 5.69. The molecule has 1 aromatic heterocycles. The normalized spacial score (nSPS) is 10.9. The van der Waals surface area contributed by atoms with Gasteiger partial charge < -0.3 is 10.3 Å². The molecule has 0 saturated heterocycles. The van der Waals surface area contributed by atoms with Crippen LogP contribution in [0, 0.1) is 3.57 Å². The number of fused-ring (bicyclic) bond motifs is 1. The molecule has 0 bridgehead atoms. The Labute approximate surface area is 140 Å². The standard InChI is InChI=1S/C15H11Cl2IN2/c16-10-1-3-12-9(8-20-15(12)5-10)7-19-14-4-2-11(18)6-13(14)17/h1-6,8,19-20H,7H2. The van der Waals surface area contributed by atoms with E-state index in [1.54, 1.807) is 0 Å². The third-order valence-electron chi connectivity index (χ3n) is 3.13. The molecule has 0 spiro atoms. The molecule has 0 radical (unpaired) electrons. The summed E-state index contributed by atoms with van der Waals surface area (Å²) in [7, 11) is 0. The van der Waals surface area contributed by atoms with Crippen LogP contribution in [-0.2, 0) is 6.54 Å². The van der Waals surface area contributed by atoms with Crippen LogP contribution in [0.15, 0.2) is 42.6 Å². The highest BCUT2D eigenvalue weighted by Crippen LogP contribution is 2.26. The lowest BCUT2D eigenvalue weighted by atomic mass is 10.1. The molecule has 2 aromatic carbocycles. The Morgan fingerprint density at radius 1 is 1.10 bits per heavy atom. The monoisotopic (exact) mass is 416 g/mol. The molecule has 0 amide bonds. The average Bonchev–Trinajstić information content (AvgIpc) is 2.80. The van der Waals surface area contributed by atoms with Gasteiger partial charge in [-0.15, -0.1) is 0 Å². The molecule has 0 saturated carbocycles. The molecule has 0 unspecified atom stereocenters. The molecule has 0 fully saturated rings. The predicted molar refractivity (Wildman–Crippen MR) is 94.8 cm³/mol. The lowest BCUT2D eigenvalue weighted by Gasteiger charge is -2.08. The van der Waals surface area contributed by atoms with Crippen molar-refractivity contribution in [3.63, 3.8) is 0 Å². The van der Waals surface area contributed by atoms with Gasteiger partial charge in [0.15, 0.2) is 0 Å². The zero-order valence-electron chi connectivity index (χ0n) is 10.4. The summed E-state index contributed by atoms with van der Waals surface area (Å²) in [5.41, 5.74) is 3.17. The van der Waals surface area contributed by atoms with Gasteiger partial charge in [-0.1, -0.05) is 29.3 Å². The fraction of sp³-hybridized carbons (Fsp3) is 0.0667. The molecule has 2 nitrogen and oxygen atoms in total. The van der Waals surface area contributed by atoms with Crippen molar-refractivity contribution in [2.45, 2.75) is 6.54 Å². The van der Waals surface area contributed by atoms with E-state index in [-0.39, 0.29) is 0 Å². The van der Waals surface area contributed by atoms with E-state index in [4.69, 9.17) is 23.2 Å². The second-order valence-corrected chi connectivity index (χ2v) is 6.57. The van der Waals surface area contributed by atoms with Gasteiger partial charge in [0.1, 0.15) is 0 Å². The van der Waals surface area contributed by atoms with Crippen molar-refractivity contribution in [3.8, 4) is 0 Å². The third kappa shape index (κ3) is 2.90. The number of H-pyrrole nitrogens is 1. The summed E-state index contributed by atoms with van der Waals surface area (Å²) in [4.78, 5) is 3.23. The smallest absolute Gasteiger partial charge is 0.0648 e. The van der Waals surface area contributed by atoms with Crippen LogP contribution in [0.3, 0.4) is 0 Å². The Hall–Kier alpha value is -0.910. The molecular formula is C15H11Cl2IN2. The van der Waals surface area contributed by atoms with Gasteiger partial charge in [0.25, 0.3) is 0 Å². The number of rotatable bonds is 3. The quantitative estimate of drug-likeness (QED) is 0.527. The Morgan fingerprint density at radius 2 is 1.95 bits per heavy atom. The fourth-order valence-corrected chi connectivity index (χ4v) is 3.22. The van der Waals surface area contributed by atoms with Crippen LogP contribution in [0.4, 0.5) is 5.69 Å². The summed E-state index contributed by atoms with van der Waals surface area (Å²) in [6.45, 7) is 0.710. The number of anilines is 1. The van der Waals surface area contributed by atoms with E-state index in [0.29, 0.717) is 6.54 Å². The van der Waals surface area contributed by atoms with Crippen LogP contribution in [0.5, 0.6) is 0 Å². The van der Waals surface area contributed by atoms with Crippen molar-refractivity contribution < 1.29 is 0 Å². The summed E-state index contributed by atoms with van der Waals surface area (Å²) in [6, 6.07) is 11.8. The molecule has 1 heterocycles. The summed E-state index contributed by atoms with van der Waals surface area (Å²) < 4.78 is 1.12. The molecule has 0 aliphatic heterocycles. The van der Waals surface area contributed by atoms with Crippen molar-refractivity contribution in [2.75, 3.05) is 5.32 Å². The maximum absolute atomic E-state index is 6.22. The Balaban J connectivity index is 1.83. The molecule has 5 heteroatoms. The SMILES string of the molecule is Clc1ccc2c(CNc3ccc(I)cc3Cl)c[nH]c2c1. The Kier molecular flexibility index (Phi) is 4.10. The van der Waals surface area contributed by atoms with Gasteiger partial charge in [-0.3, -0.25) is 0 Å². The Morgan fingerprint density at radius 3 is 2.75 bits per heavy atom. The largest absolute Gasteiger partial charge is 0.380 e. The minimum absolute atomic E-state index is 0.710. The first-order valence-corrected chi connectivity index (χ1v) is 7.91. The zero-order valence-corrected chi connectivity index (χ0v) is 14.1. The summed E-state index contributed by atoms with van der Waals surface area (Å²) in [6.07, 6.45) is 1.99. The van der Waals surface area contributed by atoms with Crippen LogP contribution in [-0.4, -0.2) is 4.98 Å².